The van der Waals surface area contributed by atoms with Crippen LogP contribution in [0.3, 0.4) is 0 Å². The van der Waals surface area contributed by atoms with Gasteiger partial charge in [0.15, 0.2) is 0 Å². The third kappa shape index (κ3) is 4.35. The maximum absolute atomic E-state index is 11.7. The van der Waals surface area contributed by atoms with Crippen LogP contribution in [0.5, 0.6) is 0 Å². The SMILES string of the molecule is CC([SiH3])C(C)(C)OC(=O)Nc1ccc(CCl)cc1. The van der Waals surface area contributed by atoms with Crippen molar-refractivity contribution in [3.8, 4) is 0 Å². The van der Waals surface area contributed by atoms with Gasteiger partial charge in [0.25, 0.3) is 0 Å². The average molecular weight is 286 g/mol. The van der Waals surface area contributed by atoms with Crippen LogP contribution < -0.4 is 5.32 Å². The number of nitrogens with one attached hydrogen (secondary N) is 1. The maximum atomic E-state index is 11.7. The highest BCUT2D eigenvalue weighted by atomic mass is 35.5. The highest BCUT2D eigenvalue weighted by Crippen LogP contribution is 2.23. The average Bonchev–Trinajstić information content (AvgIpc) is 2.29. The summed E-state index contributed by atoms with van der Waals surface area (Å²) in [5.41, 5.74) is 1.70. The first-order chi connectivity index (χ1) is 8.35. The van der Waals surface area contributed by atoms with Gasteiger partial charge in [0.1, 0.15) is 5.60 Å². The molecule has 0 fully saturated rings. The number of carbonyl (C=O) groups excluding carboxylic acids is 1. The van der Waals surface area contributed by atoms with Crippen molar-refractivity contribution in [2.45, 2.75) is 37.8 Å². The Morgan fingerprint density at radius 1 is 1.44 bits per heavy atom. The topological polar surface area (TPSA) is 38.3 Å². The molecular weight excluding hydrogens is 266 g/mol. The van der Waals surface area contributed by atoms with Crippen LogP contribution in [0.25, 0.3) is 0 Å². The number of anilines is 1. The minimum atomic E-state index is -0.424. The molecule has 5 heteroatoms. The number of amides is 1. The molecule has 1 N–H and O–H groups in total. The Morgan fingerprint density at radius 2 is 2.00 bits per heavy atom. The molecular formula is C13H20ClNO2Si. The van der Waals surface area contributed by atoms with Crippen LogP contribution in [0.15, 0.2) is 24.3 Å². The van der Waals surface area contributed by atoms with E-state index in [1.54, 1.807) is 0 Å². The van der Waals surface area contributed by atoms with Crippen LogP contribution in [-0.4, -0.2) is 21.9 Å². The number of benzene rings is 1. The van der Waals surface area contributed by atoms with E-state index in [0.29, 0.717) is 17.1 Å². The molecule has 0 heterocycles. The Kier molecular flexibility index (Phi) is 5.23. The Hall–Kier alpha value is -1.00. The summed E-state index contributed by atoms with van der Waals surface area (Å²) in [4.78, 5) is 11.7. The molecule has 3 nitrogen and oxygen atoms in total. The van der Waals surface area contributed by atoms with Gasteiger partial charge in [-0.3, -0.25) is 5.32 Å². The van der Waals surface area contributed by atoms with Crippen LogP contribution >= 0.6 is 11.6 Å². The molecule has 1 unspecified atom stereocenters. The van der Waals surface area contributed by atoms with Gasteiger partial charge in [-0.25, -0.2) is 4.79 Å². The number of alkyl halides is 1. The number of carbonyl (C=O) groups is 1. The number of halogens is 1. The zero-order chi connectivity index (χ0) is 13.8. The lowest BCUT2D eigenvalue weighted by atomic mass is 10.1. The molecule has 18 heavy (non-hydrogen) atoms. The van der Waals surface area contributed by atoms with E-state index in [0.717, 1.165) is 15.8 Å². The van der Waals surface area contributed by atoms with Crippen molar-refractivity contribution < 1.29 is 9.53 Å². The largest absolute Gasteiger partial charge is 0.443 e. The van der Waals surface area contributed by atoms with E-state index < -0.39 is 11.7 Å². The number of rotatable bonds is 4. The summed E-state index contributed by atoms with van der Waals surface area (Å²) < 4.78 is 5.42. The quantitative estimate of drug-likeness (QED) is 0.682. The normalized spacial score (nSPS) is 13.1. The summed E-state index contributed by atoms with van der Waals surface area (Å²) >= 11 is 5.70. The molecule has 0 saturated heterocycles. The number of ether oxygens (including phenoxy) is 1. The van der Waals surface area contributed by atoms with Crippen molar-refractivity contribution in [3.63, 3.8) is 0 Å². The van der Waals surface area contributed by atoms with Crippen LogP contribution in [-0.2, 0) is 10.6 Å². The fourth-order valence-electron chi connectivity index (χ4n) is 1.18. The molecule has 0 bridgehead atoms. The van der Waals surface area contributed by atoms with Crippen LogP contribution in [0.4, 0.5) is 10.5 Å². The second kappa shape index (κ2) is 6.25. The van der Waals surface area contributed by atoms with Gasteiger partial charge in [0, 0.05) is 21.8 Å². The highest BCUT2D eigenvalue weighted by molar-refractivity contribution is 6.17. The van der Waals surface area contributed by atoms with Crippen molar-refractivity contribution in [1.29, 1.82) is 0 Å². The summed E-state index contributed by atoms with van der Waals surface area (Å²) in [6.07, 6.45) is -0.415. The fourth-order valence-corrected chi connectivity index (χ4v) is 1.47. The molecule has 1 aromatic rings. The van der Waals surface area contributed by atoms with Crippen molar-refractivity contribution in [1.82, 2.24) is 0 Å². The Morgan fingerprint density at radius 3 is 2.44 bits per heavy atom. The van der Waals surface area contributed by atoms with E-state index in [9.17, 15) is 4.79 Å². The predicted molar refractivity (Wildman–Crippen MR) is 79.5 cm³/mol. The van der Waals surface area contributed by atoms with Gasteiger partial charge in [-0.1, -0.05) is 19.1 Å². The number of hydrogen-bond acceptors (Lipinski definition) is 2. The van der Waals surface area contributed by atoms with Crippen molar-refractivity contribution in [2.75, 3.05) is 5.32 Å². The lowest BCUT2D eigenvalue weighted by Crippen LogP contribution is -2.34. The monoisotopic (exact) mass is 285 g/mol. The first-order valence-electron chi connectivity index (χ1n) is 6.00. The Labute approximate surface area is 116 Å². The molecule has 1 atom stereocenters. The lowest BCUT2D eigenvalue weighted by molar-refractivity contribution is 0.0469. The first-order valence-corrected chi connectivity index (χ1v) is 7.69. The van der Waals surface area contributed by atoms with Gasteiger partial charge in [0.05, 0.1) is 0 Å². The molecule has 0 aliphatic rings. The van der Waals surface area contributed by atoms with Crippen molar-refractivity contribution >= 4 is 33.6 Å². The zero-order valence-electron chi connectivity index (χ0n) is 11.3. The Bertz CT molecular complexity index is 404. The van der Waals surface area contributed by atoms with Gasteiger partial charge in [-0.05, 0) is 37.1 Å². The summed E-state index contributed by atoms with van der Waals surface area (Å²) in [5, 5.41) is 2.72. The van der Waals surface area contributed by atoms with E-state index in [1.165, 1.54) is 0 Å². The van der Waals surface area contributed by atoms with Crippen molar-refractivity contribution in [2.24, 2.45) is 0 Å². The van der Waals surface area contributed by atoms with E-state index in [4.69, 9.17) is 16.3 Å². The van der Waals surface area contributed by atoms with E-state index in [1.807, 2.05) is 38.1 Å². The summed E-state index contributed by atoms with van der Waals surface area (Å²) in [6.45, 7) is 5.94. The molecule has 1 rings (SSSR count). The molecule has 0 aliphatic heterocycles. The molecule has 1 amide bonds. The lowest BCUT2D eigenvalue weighted by Gasteiger charge is -2.29. The highest BCUT2D eigenvalue weighted by Gasteiger charge is 2.26. The molecule has 0 saturated carbocycles. The third-order valence-corrected chi connectivity index (χ3v) is 4.80. The molecule has 0 spiro atoms. The first kappa shape index (κ1) is 15.1. The Balaban J connectivity index is 2.59. The van der Waals surface area contributed by atoms with Crippen molar-refractivity contribution in [3.05, 3.63) is 29.8 Å². The molecule has 0 aromatic heterocycles. The van der Waals surface area contributed by atoms with Crippen LogP contribution in [0.2, 0.25) is 5.54 Å². The van der Waals surface area contributed by atoms with Gasteiger partial charge < -0.3 is 4.74 Å². The zero-order valence-corrected chi connectivity index (χ0v) is 14.0. The fraction of sp³-hybridized carbons (Fsp3) is 0.462. The maximum Gasteiger partial charge on any atom is 0.412 e. The standard InChI is InChI=1S/C13H20ClNO2Si/c1-9(18)13(2,3)17-12(16)15-11-6-4-10(8-14)5-7-11/h4-7,9H,8H2,1-3,18H3,(H,15,16). The van der Waals surface area contributed by atoms with Gasteiger partial charge in [0.2, 0.25) is 0 Å². The molecule has 1 aromatic carbocycles. The smallest absolute Gasteiger partial charge is 0.412 e. The second-order valence-electron chi connectivity index (χ2n) is 5.10. The molecule has 0 aliphatic carbocycles. The van der Waals surface area contributed by atoms with E-state index in [2.05, 4.69) is 12.2 Å². The van der Waals surface area contributed by atoms with E-state index in [-0.39, 0.29) is 0 Å². The van der Waals surface area contributed by atoms with Crippen LogP contribution in [0, 0.1) is 0 Å². The third-order valence-electron chi connectivity index (χ3n) is 3.10. The summed E-state index contributed by atoms with van der Waals surface area (Å²) in [5.74, 6) is 0.468. The van der Waals surface area contributed by atoms with Gasteiger partial charge >= 0.3 is 6.09 Å². The number of hydrogen-bond donors (Lipinski definition) is 1. The van der Waals surface area contributed by atoms with Crippen LogP contribution in [0.1, 0.15) is 26.3 Å². The minimum absolute atomic E-state index is 0.391. The predicted octanol–water partition coefficient (Wildman–Crippen LogP) is 2.93. The molecule has 0 radical (unpaired) electrons. The van der Waals surface area contributed by atoms with Gasteiger partial charge in [-0.2, -0.15) is 0 Å². The molecule has 100 valence electrons. The second-order valence-corrected chi connectivity index (χ2v) is 7.10. The summed E-state index contributed by atoms with van der Waals surface area (Å²) in [6, 6.07) is 7.39. The minimum Gasteiger partial charge on any atom is -0.443 e. The van der Waals surface area contributed by atoms with Gasteiger partial charge in [-0.15, -0.1) is 11.6 Å². The van der Waals surface area contributed by atoms with E-state index >= 15 is 0 Å². The summed E-state index contributed by atoms with van der Waals surface area (Å²) in [7, 11) is 0.985.